The molecule has 0 bridgehead atoms. The van der Waals surface area contributed by atoms with Gasteiger partial charge in [-0.3, -0.25) is 0 Å². The monoisotopic (exact) mass is 340 g/mol. The smallest absolute Gasteiger partial charge is 0.232 e. The molecular formula is C18H20N4OS. The lowest BCUT2D eigenvalue weighted by Gasteiger charge is -2.17. The molecule has 3 aromatic rings. The van der Waals surface area contributed by atoms with Gasteiger partial charge in [-0.1, -0.05) is 47.8 Å². The Kier molecular flexibility index (Phi) is 3.94. The quantitative estimate of drug-likeness (QED) is 0.781. The van der Waals surface area contributed by atoms with Crippen LogP contribution in [0, 0.1) is 6.92 Å². The largest absolute Gasteiger partial charge is 0.339 e. The van der Waals surface area contributed by atoms with Gasteiger partial charge >= 0.3 is 0 Å². The van der Waals surface area contributed by atoms with Crippen LogP contribution in [0.5, 0.6) is 0 Å². The van der Waals surface area contributed by atoms with Gasteiger partial charge in [0.15, 0.2) is 5.82 Å². The first-order valence-corrected chi connectivity index (χ1v) is 9.14. The lowest BCUT2D eigenvalue weighted by Crippen LogP contribution is -2.34. The van der Waals surface area contributed by atoms with Crippen LogP contribution in [0.15, 0.2) is 34.2 Å². The number of thiazole rings is 1. The predicted octanol–water partition coefficient (Wildman–Crippen LogP) is 3.82. The molecular weight excluding hydrogens is 320 g/mol. The summed E-state index contributed by atoms with van der Waals surface area (Å²) in [5.41, 5.74) is 9.30. The number of rotatable bonds is 4. The molecule has 1 saturated carbocycles. The Balaban J connectivity index is 1.50. The van der Waals surface area contributed by atoms with Crippen LogP contribution in [0.1, 0.15) is 48.7 Å². The van der Waals surface area contributed by atoms with E-state index in [2.05, 4.69) is 46.3 Å². The van der Waals surface area contributed by atoms with Crippen LogP contribution < -0.4 is 5.73 Å². The van der Waals surface area contributed by atoms with E-state index in [0.717, 1.165) is 41.9 Å². The van der Waals surface area contributed by atoms with Gasteiger partial charge in [-0.2, -0.15) is 4.98 Å². The molecule has 0 aliphatic heterocycles. The highest BCUT2D eigenvalue weighted by atomic mass is 32.1. The van der Waals surface area contributed by atoms with E-state index in [0.29, 0.717) is 18.1 Å². The van der Waals surface area contributed by atoms with Crippen molar-refractivity contribution in [3.63, 3.8) is 0 Å². The van der Waals surface area contributed by atoms with Gasteiger partial charge in [0.25, 0.3) is 0 Å². The van der Waals surface area contributed by atoms with E-state index >= 15 is 0 Å². The SMILES string of the molecule is Cc1ccc(-c2nc(Cc3nc(C4(N)CCCC4)no3)cs2)cc1. The molecule has 2 aromatic heterocycles. The van der Waals surface area contributed by atoms with Gasteiger partial charge in [0.2, 0.25) is 5.89 Å². The summed E-state index contributed by atoms with van der Waals surface area (Å²) in [5.74, 6) is 1.23. The fraction of sp³-hybridized carbons (Fsp3) is 0.389. The molecule has 4 rings (SSSR count). The number of nitrogens with two attached hydrogens (primary N) is 1. The van der Waals surface area contributed by atoms with Crippen molar-refractivity contribution in [2.45, 2.75) is 44.6 Å². The average Bonchev–Trinajstić information content (AvgIpc) is 3.30. The van der Waals surface area contributed by atoms with Crippen LogP contribution in [0.4, 0.5) is 0 Å². The van der Waals surface area contributed by atoms with Crippen LogP contribution in [0.25, 0.3) is 10.6 Å². The van der Waals surface area contributed by atoms with Crippen molar-refractivity contribution in [3.8, 4) is 10.6 Å². The maximum absolute atomic E-state index is 6.38. The van der Waals surface area contributed by atoms with Crippen LogP contribution in [0.2, 0.25) is 0 Å². The molecule has 0 saturated heterocycles. The second-order valence-corrected chi connectivity index (χ2v) is 7.42. The van der Waals surface area contributed by atoms with Crippen molar-refractivity contribution in [1.82, 2.24) is 15.1 Å². The lowest BCUT2D eigenvalue weighted by atomic mass is 9.99. The highest BCUT2D eigenvalue weighted by Crippen LogP contribution is 2.34. The maximum Gasteiger partial charge on any atom is 0.232 e. The minimum absolute atomic E-state index is 0.406. The van der Waals surface area contributed by atoms with E-state index in [1.54, 1.807) is 11.3 Å². The van der Waals surface area contributed by atoms with E-state index in [-0.39, 0.29) is 0 Å². The van der Waals surface area contributed by atoms with Crippen LogP contribution in [-0.2, 0) is 12.0 Å². The minimum atomic E-state index is -0.406. The maximum atomic E-state index is 6.38. The number of hydrogen-bond acceptors (Lipinski definition) is 6. The molecule has 2 heterocycles. The first kappa shape index (κ1) is 15.5. The van der Waals surface area contributed by atoms with Gasteiger partial charge in [0.1, 0.15) is 5.01 Å². The van der Waals surface area contributed by atoms with Crippen molar-refractivity contribution in [2.75, 3.05) is 0 Å². The number of hydrogen-bond donors (Lipinski definition) is 1. The molecule has 0 spiro atoms. The topological polar surface area (TPSA) is 77.8 Å². The second kappa shape index (κ2) is 6.11. The number of nitrogens with zero attached hydrogens (tertiary/aromatic N) is 3. The van der Waals surface area contributed by atoms with E-state index in [9.17, 15) is 0 Å². The van der Waals surface area contributed by atoms with E-state index in [1.165, 1.54) is 5.56 Å². The number of aryl methyl sites for hydroxylation is 1. The second-order valence-electron chi connectivity index (χ2n) is 6.56. The molecule has 0 atom stereocenters. The Hall–Kier alpha value is -2.05. The highest BCUT2D eigenvalue weighted by Gasteiger charge is 2.35. The molecule has 1 aliphatic rings. The third kappa shape index (κ3) is 2.99. The zero-order valence-electron chi connectivity index (χ0n) is 13.7. The highest BCUT2D eigenvalue weighted by molar-refractivity contribution is 7.13. The Labute approximate surface area is 144 Å². The third-order valence-corrected chi connectivity index (χ3v) is 5.53. The van der Waals surface area contributed by atoms with Crippen molar-refractivity contribution in [3.05, 3.63) is 52.6 Å². The van der Waals surface area contributed by atoms with E-state index < -0.39 is 5.54 Å². The molecule has 2 N–H and O–H groups in total. The van der Waals surface area contributed by atoms with Gasteiger partial charge in [-0.15, -0.1) is 11.3 Å². The number of aromatic nitrogens is 3. The standard InChI is InChI=1S/C18H20N4OS/c1-12-4-6-13(7-5-12)16-20-14(11-24-16)10-15-21-17(22-23-15)18(19)8-2-3-9-18/h4-7,11H,2-3,8-10,19H2,1H3. The molecule has 124 valence electrons. The molecule has 1 fully saturated rings. The third-order valence-electron chi connectivity index (χ3n) is 4.59. The molecule has 0 unspecified atom stereocenters. The Morgan fingerprint density at radius 2 is 1.92 bits per heavy atom. The summed E-state index contributed by atoms with van der Waals surface area (Å²) in [5, 5.41) is 7.16. The summed E-state index contributed by atoms with van der Waals surface area (Å²) in [6.45, 7) is 2.08. The zero-order valence-corrected chi connectivity index (χ0v) is 14.5. The molecule has 0 radical (unpaired) electrons. The van der Waals surface area contributed by atoms with Gasteiger partial charge in [-0.25, -0.2) is 4.98 Å². The summed E-state index contributed by atoms with van der Waals surface area (Å²) in [6.07, 6.45) is 4.67. The first-order chi connectivity index (χ1) is 11.6. The van der Waals surface area contributed by atoms with Crippen molar-refractivity contribution in [1.29, 1.82) is 0 Å². The average molecular weight is 340 g/mol. The molecule has 1 aliphatic carbocycles. The summed E-state index contributed by atoms with van der Waals surface area (Å²) in [4.78, 5) is 9.20. The van der Waals surface area contributed by atoms with Crippen LogP contribution >= 0.6 is 11.3 Å². The van der Waals surface area contributed by atoms with Crippen molar-refractivity contribution in [2.24, 2.45) is 5.73 Å². The molecule has 1 aromatic carbocycles. The number of benzene rings is 1. The summed E-state index contributed by atoms with van der Waals surface area (Å²) in [6, 6.07) is 8.40. The normalized spacial score (nSPS) is 16.6. The van der Waals surface area contributed by atoms with E-state index in [4.69, 9.17) is 10.3 Å². The molecule has 24 heavy (non-hydrogen) atoms. The molecule has 6 heteroatoms. The molecule has 0 amide bonds. The van der Waals surface area contributed by atoms with Gasteiger partial charge in [0.05, 0.1) is 17.7 Å². The predicted molar refractivity (Wildman–Crippen MR) is 93.7 cm³/mol. The van der Waals surface area contributed by atoms with Crippen molar-refractivity contribution >= 4 is 11.3 Å². The zero-order chi connectivity index (χ0) is 16.6. The Morgan fingerprint density at radius 3 is 2.67 bits per heavy atom. The Morgan fingerprint density at radius 1 is 1.17 bits per heavy atom. The first-order valence-electron chi connectivity index (χ1n) is 8.26. The van der Waals surface area contributed by atoms with Gasteiger partial charge in [0, 0.05) is 10.9 Å². The van der Waals surface area contributed by atoms with Gasteiger partial charge in [-0.05, 0) is 19.8 Å². The summed E-state index contributed by atoms with van der Waals surface area (Å²) >= 11 is 1.63. The fourth-order valence-corrected chi connectivity index (χ4v) is 3.96. The summed E-state index contributed by atoms with van der Waals surface area (Å²) < 4.78 is 5.40. The van der Waals surface area contributed by atoms with Crippen LogP contribution in [-0.4, -0.2) is 15.1 Å². The van der Waals surface area contributed by atoms with Crippen molar-refractivity contribution < 1.29 is 4.52 Å². The van der Waals surface area contributed by atoms with E-state index in [1.807, 2.05) is 5.38 Å². The lowest BCUT2D eigenvalue weighted by molar-refractivity contribution is 0.352. The molecule has 5 nitrogen and oxygen atoms in total. The fourth-order valence-electron chi connectivity index (χ4n) is 3.13. The Bertz CT molecular complexity index is 831. The minimum Gasteiger partial charge on any atom is -0.339 e. The van der Waals surface area contributed by atoms with Gasteiger partial charge < -0.3 is 10.3 Å². The summed E-state index contributed by atoms with van der Waals surface area (Å²) in [7, 11) is 0. The van der Waals surface area contributed by atoms with Crippen LogP contribution in [0.3, 0.4) is 0 Å².